The summed E-state index contributed by atoms with van der Waals surface area (Å²) in [6.45, 7) is 2.87. The Kier molecular flexibility index (Phi) is 6.06. The van der Waals surface area contributed by atoms with E-state index in [1.165, 1.54) is 19.3 Å². The van der Waals surface area contributed by atoms with Crippen LogP contribution >= 0.6 is 0 Å². The maximum atomic E-state index is 10.9. The first-order valence-corrected chi connectivity index (χ1v) is 8.03. The van der Waals surface area contributed by atoms with Crippen molar-refractivity contribution in [2.24, 2.45) is 5.92 Å². The second-order valence-corrected chi connectivity index (χ2v) is 5.86. The third-order valence-corrected chi connectivity index (χ3v) is 4.48. The summed E-state index contributed by atoms with van der Waals surface area (Å²) in [6.07, 6.45) is 7.76. The summed E-state index contributed by atoms with van der Waals surface area (Å²) in [4.78, 5) is 0. The summed E-state index contributed by atoms with van der Waals surface area (Å²) in [5.74, 6) is 1.06. The van der Waals surface area contributed by atoms with Gasteiger partial charge in [-0.1, -0.05) is 26.2 Å². The number of aryl methyl sites for hydroxylation is 1. The van der Waals surface area contributed by atoms with E-state index in [0.29, 0.717) is 11.7 Å². The minimum absolute atomic E-state index is 0.188. The number of aliphatic hydroxyl groups is 1. The molecule has 1 heterocycles. The summed E-state index contributed by atoms with van der Waals surface area (Å²) in [5.41, 5.74) is 0.747. The number of hydrogen-bond acceptors (Lipinski definition) is 4. The Morgan fingerprint density at radius 3 is 2.62 bits per heavy atom. The molecule has 1 aliphatic carbocycles. The van der Waals surface area contributed by atoms with E-state index in [2.05, 4.69) is 12.0 Å². The van der Waals surface area contributed by atoms with Crippen LogP contribution in [0.2, 0.25) is 0 Å². The van der Waals surface area contributed by atoms with Crippen molar-refractivity contribution >= 4 is 0 Å². The van der Waals surface area contributed by atoms with E-state index in [9.17, 15) is 5.11 Å². The fourth-order valence-corrected chi connectivity index (χ4v) is 3.42. The molecule has 5 nitrogen and oxygen atoms in total. The van der Waals surface area contributed by atoms with Crippen molar-refractivity contribution < 1.29 is 14.6 Å². The third-order valence-electron chi connectivity index (χ3n) is 4.48. The molecule has 0 aromatic carbocycles. The molecule has 0 radical (unpaired) electrons. The van der Waals surface area contributed by atoms with Crippen molar-refractivity contribution in [1.29, 1.82) is 0 Å². The van der Waals surface area contributed by atoms with Gasteiger partial charge in [0.15, 0.2) is 5.75 Å². The van der Waals surface area contributed by atoms with Gasteiger partial charge in [0.2, 0.25) is 0 Å². The topological polar surface area (TPSA) is 56.5 Å². The Bertz CT molecular complexity index is 427. The molecule has 0 aliphatic heterocycles. The van der Waals surface area contributed by atoms with Crippen LogP contribution in [0.15, 0.2) is 6.20 Å². The standard InChI is InChI=1S/C16H28N2O3/c1-4-10-18-14(13(20-2)11-17-18)15(19)16(21-3)12-8-6-5-7-9-12/h11-12,15-16,19H,4-10H2,1-3H3. The predicted octanol–water partition coefficient (Wildman–Crippen LogP) is 2.93. The second kappa shape index (κ2) is 7.80. The fourth-order valence-electron chi connectivity index (χ4n) is 3.42. The maximum absolute atomic E-state index is 10.9. The summed E-state index contributed by atoms with van der Waals surface area (Å²) in [7, 11) is 3.31. The minimum atomic E-state index is -0.693. The molecule has 21 heavy (non-hydrogen) atoms. The number of ether oxygens (including phenoxy) is 2. The van der Waals surface area contributed by atoms with Gasteiger partial charge in [0.1, 0.15) is 11.8 Å². The Morgan fingerprint density at radius 2 is 2.05 bits per heavy atom. The smallest absolute Gasteiger partial charge is 0.162 e. The van der Waals surface area contributed by atoms with Crippen LogP contribution in [0.3, 0.4) is 0 Å². The molecule has 2 atom stereocenters. The van der Waals surface area contributed by atoms with Gasteiger partial charge in [-0.15, -0.1) is 0 Å². The highest BCUT2D eigenvalue weighted by atomic mass is 16.5. The molecule has 1 aromatic rings. The van der Waals surface area contributed by atoms with Crippen LogP contribution in [0.1, 0.15) is 57.2 Å². The third kappa shape index (κ3) is 3.58. The number of aliphatic hydroxyl groups excluding tert-OH is 1. The summed E-state index contributed by atoms with van der Waals surface area (Å²) >= 11 is 0. The molecule has 2 unspecified atom stereocenters. The molecule has 1 fully saturated rings. The van der Waals surface area contributed by atoms with E-state index in [-0.39, 0.29) is 6.10 Å². The van der Waals surface area contributed by atoms with Crippen molar-refractivity contribution in [3.63, 3.8) is 0 Å². The van der Waals surface area contributed by atoms with E-state index in [4.69, 9.17) is 9.47 Å². The lowest BCUT2D eigenvalue weighted by Crippen LogP contribution is -2.32. The molecule has 120 valence electrons. The van der Waals surface area contributed by atoms with Gasteiger partial charge in [-0.3, -0.25) is 4.68 Å². The highest BCUT2D eigenvalue weighted by Gasteiger charge is 2.34. The lowest BCUT2D eigenvalue weighted by atomic mass is 9.82. The number of methoxy groups -OCH3 is 2. The van der Waals surface area contributed by atoms with Gasteiger partial charge in [0, 0.05) is 13.7 Å². The molecule has 0 bridgehead atoms. The van der Waals surface area contributed by atoms with Crippen LogP contribution < -0.4 is 4.74 Å². The molecule has 1 saturated carbocycles. The van der Waals surface area contributed by atoms with Gasteiger partial charge in [-0.2, -0.15) is 5.10 Å². The van der Waals surface area contributed by atoms with E-state index in [1.807, 2.05) is 4.68 Å². The van der Waals surface area contributed by atoms with Crippen LogP contribution in [0.4, 0.5) is 0 Å². The monoisotopic (exact) mass is 296 g/mol. The Hall–Kier alpha value is -1.07. The lowest BCUT2D eigenvalue weighted by Gasteiger charge is -2.32. The zero-order valence-electron chi connectivity index (χ0n) is 13.4. The van der Waals surface area contributed by atoms with Crippen molar-refractivity contribution in [3.05, 3.63) is 11.9 Å². The molecule has 0 saturated heterocycles. The zero-order chi connectivity index (χ0) is 15.2. The fraction of sp³-hybridized carbons (Fsp3) is 0.812. The van der Waals surface area contributed by atoms with Gasteiger partial charge in [0.05, 0.1) is 19.4 Å². The van der Waals surface area contributed by atoms with E-state index in [1.54, 1.807) is 20.4 Å². The van der Waals surface area contributed by atoms with Crippen molar-refractivity contribution in [3.8, 4) is 5.75 Å². The van der Waals surface area contributed by atoms with E-state index >= 15 is 0 Å². The zero-order valence-corrected chi connectivity index (χ0v) is 13.4. The van der Waals surface area contributed by atoms with Crippen LogP contribution in [0.5, 0.6) is 5.75 Å². The average molecular weight is 296 g/mol. The van der Waals surface area contributed by atoms with Crippen molar-refractivity contribution in [2.45, 2.75) is 64.2 Å². The van der Waals surface area contributed by atoms with Crippen molar-refractivity contribution in [1.82, 2.24) is 9.78 Å². The Morgan fingerprint density at radius 1 is 1.33 bits per heavy atom. The number of rotatable bonds is 7. The molecule has 1 aliphatic rings. The van der Waals surface area contributed by atoms with Crippen LogP contribution in [-0.4, -0.2) is 35.2 Å². The van der Waals surface area contributed by atoms with E-state index in [0.717, 1.165) is 31.5 Å². The van der Waals surface area contributed by atoms with Crippen LogP contribution in [-0.2, 0) is 11.3 Å². The Balaban J connectivity index is 2.23. The SMILES string of the molecule is CCCn1ncc(OC)c1C(O)C(OC)C1CCCCC1. The maximum Gasteiger partial charge on any atom is 0.162 e. The van der Waals surface area contributed by atoms with Gasteiger partial charge >= 0.3 is 0 Å². The number of aromatic nitrogens is 2. The van der Waals surface area contributed by atoms with Gasteiger partial charge in [0.25, 0.3) is 0 Å². The molecule has 1 N–H and O–H groups in total. The molecular formula is C16H28N2O3. The first-order valence-electron chi connectivity index (χ1n) is 8.03. The average Bonchev–Trinajstić information content (AvgIpc) is 2.92. The highest BCUT2D eigenvalue weighted by molar-refractivity contribution is 5.28. The van der Waals surface area contributed by atoms with Gasteiger partial charge in [-0.25, -0.2) is 0 Å². The van der Waals surface area contributed by atoms with Crippen LogP contribution in [0.25, 0.3) is 0 Å². The van der Waals surface area contributed by atoms with Crippen LogP contribution in [0, 0.1) is 5.92 Å². The quantitative estimate of drug-likeness (QED) is 0.840. The molecular weight excluding hydrogens is 268 g/mol. The number of hydrogen-bond donors (Lipinski definition) is 1. The summed E-state index contributed by atoms with van der Waals surface area (Å²) < 4.78 is 12.9. The molecule has 0 spiro atoms. The van der Waals surface area contributed by atoms with E-state index < -0.39 is 6.10 Å². The largest absolute Gasteiger partial charge is 0.493 e. The van der Waals surface area contributed by atoms with Gasteiger partial charge < -0.3 is 14.6 Å². The molecule has 5 heteroatoms. The molecule has 2 rings (SSSR count). The first-order chi connectivity index (χ1) is 10.2. The van der Waals surface area contributed by atoms with Crippen molar-refractivity contribution in [2.75, 3.05) is 14.2 Å². The lowest BCUT2D eigenvalue weighted by molar-refractivity contribution is -0.0599. The second-order valence-electron chi connectivity index (χ2n) is 5.86. The minimum Gasteiger partial charge on any atom is -0.493 e. The summed E-state index contributed by atoms with van der Waals surface area (Å²) in [5, 5.41) is 15.2. The highest BCUT2D eigenvalue weighted by Crippen LogP contribution is 2.36. The Labute approximate surface area is 127 Å². The predicted molar refractivity (Wildman–Crippen MR) is 81.4 cm³/mol. The number of nitrogens with zero attached hydrogens (tertiary/aromatic N) is 2. The van der Waals surface area contributed by atoms with Gasteiger partial charge in [-0.05, 0) is 25.2 Å². The first kappa shape index (κ1) is 16.3. The summed E-state index contributed by atoms with van der Waals surface area (Å²) in [6, 6.07) is 0. The molecule has 0 amide bonds. The molecule has 1 aromatic heterocycles. The normalized spacial score (nSPS) is 19.4.